The number of aliphatic carboxylic acids is 1. The van der Waals surface area contributed by atoms with E-state index >= 15 is 0 Å². The first-order valence-electron chi connectivity index (χ1n) is 6.14. The van der Waals surface area contributed by atoms with Crippen molar-refractivity contribution in [3.8, 4) is 5.75 Å². The van der Waals surface area contributed by atoms with Gasteiger partial charge in [-0.25, -0.2) is 4.79 Å². The van der Waals surface area contributed by atoms with E-state index in [2.05, 4.69) is 10.6 Å². The lowest BCUT2D eigenvalue weighted by Crippen LogP contribution is -2.35. The molecule has 0 saturated carbocycles. The second-order valence-electron chi connectivity index (χ2n) is 4.34. The van der Waals surface area contributed by atoms with Crippen LogP contribution in [0.1, 0.15) is 12.8 Å². The highest BCUT2D eigenvalue weighted by molar-refractivity contribution is 5.95. The molecule has 1 aromatic rings. The van der Waals surface area contributed by atoms with Crippen LogP contribution in [0.15, 0.2) is 24.3 Å². The quantitative estimate of drug-likeness (QED) is 0.733. The van der Waals surface area contributed by atoms with Gasteiger partial charge >= 0.3 is 5.97 Å². The van der Waals surface area contributed by atoms with Crippen LogP contribution in [0.4, 0.5) is 5.69 Å². The molecule has 6 heteroatoms. The van der Waals surface area contributed by atoms with E-state index in [1.165, 1.54) is 0 Å². The van der Waals surface area contributed by atoms with E-state index in [0.29, 0.717) is 11.4 Å². The molecule has 0 radical (unpaired) electrons. The van der Waals surface area contributed by atoms with Crippen molar-refractivity contribution in [3.05, 3.63) is 24.3 Å². The molecule has 1 aliphatic heterocycles. The lowest BCUT2D eigenvalue weighted by molar-refractivity contribution is -0.139. The molecule has 1 saturated heterocycles. The van der Waals surface area contributed by atoms with Gasteiger partial charge in [-0.3, -0.25) is 4.79 Å². The lowest BCUT2D eigenvalue weighted by Gasteiger charge is -2.11. The Balaban J connectivity index is 1.87. The summed E-state index contributed by atoms with van der Waals surface area (Å²) >= 11 is 0. The van der Waals surface area contributed by atoms with E-state index < -0.39 is 5.97 Å². The molecule has 1 fully saturated rings. The average Bonchev–Trinajstić information content (AvgIpc) is 2.92. The minimum Gasteiger partial charge on any atom is -0.482 e. The summed E-state index contributed by atoms with van der Waals surface area (Å²) in [6.07, 6.45) is 1.87. The van der Waals surface area contributed by atoms with Crippen LogP contribution in [0.3, 0.4) is 0 Å². The minimum atomic E-state index is -1.02. The Labute approximate surface area is 110 Å². The smallest absolute Gasteiger partial charge is 0.341 e. The van der Waals surface area contributed by atoms with E-state index in [1.807, 2.05) is 0 Å². The largest absolute Gasteiger partial charge is 0.482 e. The standard InChI is InChI=1S/C13H16N2O4/c16-12(17)8-19-10-5-3-9(4-6-10)15-13(18)11-2-1-7-14-11/h3-6,11,14H,1-2,7-8H2,(H,15,18)(H,16,17). The summed E-state index contributed by atoms with van der Waals surface area (Å²) in [6.45, 7) is 0.498. The summed E-state index contributed by atoms with van der Waals surface area (Å²) in [5.41, 5.74) is 0.668. The van der Waals surface area contributed by atoms with Gasteiger partial charge in [0.15, 0.2) is 6.61 Å². The molecular formula is C13H16N2O4. The van der Waals surface area contributed by atoms with Crippen LogP contribution < -0.4 is 15.4 Å². The maximum atomic E-state index is 11.8. The maximum absolute atomic E-state index is 11.8. The zero-order chi connectivity index (χ0) is 13.7. The second-order valence-corrected chi connectivity index (χ2v) is 4.34. The number of carbonyl (C=O) groups is 2. The molecule has 2 rings (SSSR count). The van der Waals surface area contributed by atoms with Crippen LogP contribution in [0.2, 0.25) is 0 Å². The Morgan fingerprint density at radius 1 is 1.37 bits per heavy atom. The normalized spacial score (nSPS) is 18.0. The van der Waals surface area contributed by atoms with Crippen molar-refractivity contribution in [2.75, 3.05) is 18.5 Å². The number of rotatable bonds is 5. The molecule has 19 heavy (non-hydrogen) atoms. The first kappa shape index (κ1) is 13.4. The van der Waals surface area contributed by atoms with Crippen molar-refractivity contribution < 1.29 is 19.4 Å². The second kappa shape index (κ2) is 6.19. The molecule has 1 unspecified atom stereocenters. The molecule has 0 aliphatic carbocycles. The number of hydrogen-bond donors (Lipinski definition) is 3. The molecule has 1 atom stereocenters. The summed E-state index contributed by atoms with van der Waals surface area (Å²) in [6, 6.07) is 6.50. The van der Waals surface area contributed by atoms with Crippen LogP contribution in [0.25, 0.3) is 0 Å². The van der Waals surface area contributed by atoms with Crippen molar-refractivity contribution in [1.29, 1.82) is 0 Å². The first-order valence-corrected chi connectivity index (χ1v) is 6.14. The maximum Gasteiger partial charge on any atom is 0.341 e. The predicted octanol–water partition coefficient (Wildman–Crippen LogP) is 0.840. The summed E-state index contributed by atoms with van der Waals surface area (Å²) in [7, 11) is 0. The summed E-state index contributed by atoms with van der Waals surface area (Å²) in [5.74, 6) is -0.610. The van der Waals surface area contributed by atoms with Crippen molar-refractivity contribution in [2.45, 2.75) is 18.9 Å². The van der Waals surface area contributed by atoms with Gasteiger partial charge in [0, 0.05) is 5.69 Å². The number of benzene rings is 1. The third-order valence-corrected chi connectivity index (χ3v) is 2.86. The van der Waals surface area contributed by atoms with Crippen LogP contribution in [-0.4, -0.2) is 36.2 Å². The number of hydrogen-bond acceptors (Lipinski definition) is 4. The van der Waals surface area contributed by atoms with E-state index in [9.17, 15) is 9.59 Å². The van der Waals surface area contributed by atoms with Gasteiger partial charge < -0.3 is 20.5 Å². The zero-order valence-electron chi connectivity index (χ0n) is 10.4. The Bertz CT molecular complexity index is 452. The number of anilines is 1. The predicted molar refractivity (Wildman–Crippen MR) is 69.2 cm³/mol. The molecule has 1 aliphatic rings. The van der Waals surface area contributed by atoms with E-state index in [0.717, 1.165) is 19.4 Å². The molecule has 3 N–H and O–H groups in total. The first-order chi connectivity index (χ1) is 9.15. The molecular weight excluding hydrogens is 248 g/mol. The van der Waals surface area contributed by atoms with Gasteiger partial charge in [0.25, 0.3) is 0 Å². The van der Waals surface area contributed by atoms with E-state index in [-0.39, 0.29) is 18.6 Å². The number of carboxylic acids is 1. The number of nitrogens with one attached hydrogen (secondary N) is 2. The van der Waals surface area contributed by atoms with Gasteiger partial charge in [0.05, 0.1) is 6.04 Å². The van der Waals surface area contributed by atoms with Crippen molar-refractivity contribution in [2.24, 2.45) is 0 Å². The molecule has 1 amide bonds. The van der Waals surface area contributed by atoms with E-state index in [4.69, 9.17) is 9.84 Å². The fraction of sp³-hybridized carbons (Fsp3) is 0.385. The van der Waals surface area contributed by atoms with Gasteiger partial charge in [-0.05, 0) is 43.7 Å². The molecule has 102 valence electrons. The SMILES string of the molecule is O=C(O)COc1ccc(NC(=O)C2CCCN2)cc1. The fourth-order valence-electron chi connectivity index (χ4n) is 1.92. The van der Waals surface area contributed by atoms with Crippen LogP contribution in [-0.2, 0) is 9.59 Å². The Hall–Kier alpha value is -2.08. The van der Waals surface area contributed by atoms with Gasteiger partial charge in [-0.1, -0.05) is 0 Å². The summed E-state index contributed by atoms with van der Waals surface area (Å²) in [4.78, 5) is 22.2. The van der Waals surface area contributed by atoms with Crippen molar-refractivity contribution >= 4 is 17.6 Å². The van der Waals surface area contributed by atoms with Crippen LogP contribution >= 0.6 is 0 Å². The van der Waals surface area contributed by atoms with Gasteiger partial charge in [-0.15, -0.1) is 0 Å². The molecule has 1 heterocycles. The highest BCUT2D eigenvalue weighted by Crippen LogP contribution is 2.16. The highest BCUT2D eigenvalue weighted by atomic mass is 16.5. The van der Waals surface area contributed by atoms with Gasteiger partial charge in [0.2, 0.25) is 5.91 Å². The number of ether oxygens (including phenoxy) is 1. The molecule has 6 nitrogen and oxygen atoms in total. The average molecular weight is 264 g/mol. The van der Waals surface area contributed by atoms with Crippen LogP contribution in [0.5, 0.6) is 5.75 Å². The van der Waals surface area contributed by atoms with Crippen molar-refractivity contribution in [1.82, 2.24) is 5.32 Å². The number of carboxylic acid groups (broad SMARTS) is 1. The Morgan fingerprint density at radius 2 is 2.11 bits per heavy atom. The fourth-order valence-corrected chi connectivity index (χ4v) is 1.92. The summed E-state index contributed by atoms with van der Waals surface area (Å²) < 4.78 is 5.00. The van der Waals surface area contributed by atoms with Gasteiger partial charge in [-0.2, -0.15) is 0 Å². The molecule has 0 aromatic heterocycles. The van der Waals surface area contributed by atoms with Gasteiger partial charge in [0.1, 0.15) is 5.75 Å². The van der Waals surface area contributed by atoms with E-state index in [1.54, 1.807) is 24.3 Å². The Morgan fingerprint density at radius 3 is 2.68 bits per heavy atom. The third-order valence-electron chi connectivity index (χ3n) is 2.86. The highest BCUT2D eigenvalue weighted by Gasteiger charge is 2.21. The van der Waals surface area contributed by atoms with Crippen molar-refractivity contribution in [3.63, 3.8) is 0 Å². The van der Waals surface area contributed by atoms with Crippen LogP contribution in [0, 0.1) is 0 Å². The molecule has 1 aromatic carbocycles. The number of amides is 1. The molecule has 0 spiro atoms. The lowest BCUT2D eigenvalue weighted by atomic mass is 10.2. The Kier molecular flexibility index (Phi) is 4.35. The summed E-state index contributed by atoms with van der Waals surface area (Å²) in [5, 5.41) is 14.4. The number of carbonyl (C=O) groups excluding carboxylic acids is 1. The molecule has 0 bridgehead atoms. The zero-order valence-corrected chi connectivity index (χ0v) is 10.4. The third kappa shape index (κ3) is 3.96. The monoisotopic (exact) mass is 264 g/mol. The topological polar surface area (TPSA) is 87.7 Å². The minimum absolute atomic E-state index is 0.0447.